The zero-order valence-corrected chi connectivity index (χ0v) is 21.9. The largest absolute Gasteiger partial charge is 0.356 e. The van der Waals surface area contributed by atoms with Crippen molar-refractivity contribution in [2.24, 2.45) is 18.9 Å². The number of hydrogen-bond donors (Lipinski definition) is 1. The smallest absolute Gasteiger partial charge is 0.251 e. The van der Waals surface area contributed by atoms with Crippen LogP contribution in [0.5, 0.6) is 0 Å². The lowest BCUT2D eigenvalue weighted by Crippen LogP contribution is -2.35. The maximum absolute atomic E-state index is 13.6. The number of nitrogens with zero attached hydrogens (tertiary/aromatic N) is 7. The number of fused-ring (bicyclic) bond motifs is 2. The summed E-state index contributed by atoms with van der Waals surface area (Å²) in [5.41, 5.74) is 6.03. The number of aryl methyl sites for hydroxylation is 2. The number of nitriles is 1. The third kappa shape index (κ3) is 3.98. The number of aromatic nitrogens is 5. The fourth-order valence-corrected chi connectivity index (χ4v) is 5.88. The van der Waals surface area contributed by atoms with Crippen LogP contribution in [0, 0.1) is 35.9 Å². The van der Waals surface area contributed by atoms with E-state index in [2.05, 4.69) is 26.5 Å². The Morgan fingerprint density at radius 2 is 1.85 bits per heavy atom. The van der Waals surface area contributed by atoms with Crippen molar-refractivity contribution in [2.45, 2.75) is 13.0 Å². The molecule has 2 fully saturated rings. The zero-order valence-electron chi connectivity index (χ0n) is 21.9. The number of rotatable bonds is 5. The summed E-state index contributed by atoms with van der Waals surface area (Å²) in [6, 6.07) is 12.7. The summed E-state index contributed by atoms with van der Waals surface area (Å²) in [7, 11) is 1.87. The Balaban J connectivity index is 1.09. The minimum Gasteiger partial charge on any atom is -0.356 e. The highest BCUT2D eigenvalue weighted by molar-refractivity contribution is 5.96. The van der Waals surface area contributed by atoms with Gasteiger partial charge in [0.05, 0.1) is 23.5 Å². The molecule has 1 saturated carbocycles. The fourth-order valence-electron chi connectivity index (χ4n) is 5.88. The van der Waals surface area contributed by atoms with Crippen molar-refractivity contribution < 1.29 is 9.18 Å². The molecule has 1 aromatic carbocycles. The minimum atomic E-state index is -0.408. The average molecular weight is 533 g/mol. The minimum absolute atomic E-state index is 0.0976. The first-order valence-corrected chi connectivity index (χ1v) is 13.1. The number of anilines is 1. The number of amides is 1. The fraction of sp³-hybridized carbons (Fsp3) is 0.233. The Hall–Kier alpha value is -5.04. The van der Waals surface area contributed by atoms with Crippen LogP contribution in [0.1, 0.15) is 21.5 Å². The molecule has 4 aromatic heterocycles. The topological polar surface area (TPSA) is 104 Å². The number of carbonyl (C=O) groups is 1. The van der Waals surface area contributed by atoms with Crippen LogP contribution >= 0.6 is 0 Å². The quantitative estimate of drug-likeness (QED) is 0.367. The van der Waals surface area contributed by atoms with E-state index in [1.807, 2.05) is 50.8 Å². The van der Waals surface area contributed by atoms with Gasteiger partial charge in [-0.2, -0.15) is 15.5 Å². The average Bonchev–Trinajstić information content (AvgIpc) is 3.41. The van der Waals surface area contributed by atoms with Crippen LogP contribution in [-0.2, 0) is 7.05 Å². The van der Waals surface area contributed by atoms with Crippen LogP contribution < -0.4 is 10.2 Å². The molecule has 0 radical (unpaired) electrons. The highest BCUT2D eigenvalue weighted by Gasteiger charge is 2.56. The Kier molecular flexibility index (Phi) is 5.42. The van der Waals surface area contributed by atoms with Crippen molar-refractivity contribution in [3.8, 4) is 28.3 Å². The summed E-state index contributed by atoms with van der Waals surface area (Å²) < 4.78 is 17.1. The second-order valence-electron chi connectivity index (χ2n) is 10.6. The number of hydrogen-bond acceptors (Lipinski definition) is 6. The summed E-state index contributed by atoms with van der Waals surface area (Å²) in [5, 5.41) is 21.5. The molecule has 1 saturated heterocycles. The summed E-state index contributed by atoms with van der Waals surface area (Å²) in [6.07, 6.45) is 9.06. The van der Waals surface area contributed by atoms with Crippen molar-refractivity contribution in [1.29, 1.82) is 5.26 Å². The zero-order chi connectivity index (χ0) is 27.5. The number of pyridine rings is 2. The third-order valence-corrected chi connectivity index (χ3v) is 8.09. The van der Waals surface area contributed by atoms with Crippen molar-refractivity contribution in [3.05, 3.63) is 89.9 Å². The number of carbonyl (C=O) groups excluding carboxylic acids is 1. The first-order chi connectivity index (χ1) is 19.4. The van der Waals surface area contributed by atoms with Crippen molar-refractivity contribution in [3.63, 3.8) is 0 Å². The molecule has 1 aliphatic carbocycles. The standard InChI is InChI=1S/C30H25FN8O/c1-17-3-5-22(31)8-23(17)30(40)36-28-25-15-38(16-26(25)28)27-6-4-18(10-33-27)24-7-19(21-12-34-37(2)13-21)14-39-29(24)20(9-32)11-35-39/h3-8,10-14,25-26,28H,15-16H2,1-2H3,(H,36,40)/t25-,26+,28+. The summed E-state index contributed by atoms with van der Waals surface area (Å²) in [4.78, 5) is 19.7. The normalized spacial score (nSPS) is 19.4. The molecule has 5 aromatic rings. The Labute approximate surface area is 229 Å². The molecule has 7 rings (SSSR count). The van der Waals surface area contributed by atoms with Gasteiger partial charge in [0.25, 0.3) is 5.91 Å². The SMILES string of the molecule is Cc1ccc(F)cc1C(=O)N[C@H]1[C@@H]2CN(c3ccc(-c4cc(-c5cnn(C)c5)cn5ncc(C#N)c45)cn3)C[C@@H]21. The third-order valence-electron chi connectivity index (χ3n) is 8.09. The highest BCUT2D eigenvalue weighted by Crippen LogP contribution is 2.46. The van der Waals surface area contributed by atoms with Crippen LogP contribution in [0.25, 0.3) is 27.8 Å². The van der Waals surface area contributed by atoms with Gasteiger partial charge in [-0.25, -0.2) is 13.9 Å². The lowest BCUT2D eigenvalue weighted by Gasteiger charge is -2.21. The van der Waals surface area contributed by atoms with E-state index < -0.39 is 5.82 Å². The van der Waals surface area contributed by atoms with E-state index in [0.29, 0.717) is 23.0 Å². The first kappa shape index (κ1) is 24.0. The van der Waals surface area contributed by atoms with Crippen LogP contribution in [0.2, 0.25) is 0 Å². The van der Waals surface area contributed by atoms with Crippen LogP contribution in [-0.4, -0.2) is 49.4 Å². The molecule has 10 heteroatoms. The molecular weight excluding hydrogens is 507 g/mol. The maximum atomic E-state index is 13.6. The van der Waals surface area contributed by atoms with E-state index in [1.165, 1.54) is 12.1 Å². The van der Waals surface area contributed by atoms with E-state index in [1.54, 1.807) is 27.7 Å². The molecule has 1 amide bonds. The second kappa shape index (κ2) is 9.02. The lowest BCUT2D eigenvalue weighted by atomic mass is 10.0. The number of halogens is 1. The van der Waals surface area contributed by atoms with Crippen LogP contribution in [0.15, 0.2) is 67.4 Å². The van der Waals surface area contributed by atoms with Gasteiger partial charge in [-0.05, 0) is 42.8 Å². The monoisotopic (exact) mass is 532 g/mol. The van der Waals surface area contributed by atoms with Gasteiger partial charge in [-0.1, -0.05) is 6.07 Å². The van der Waals surface area contributed by atoms with E-state index in [4.69, 9.17) is 4.98 Å². The van der Waals surface area contributed by atoms with E-state index in [9.17, 15) is 14.4 Å². The van der Waals surface area contributed by atoms with E-state index >= 15 is 0 Å². The van der Waals surface area contributed by atoms with E-state index in [0.717, 1.165) is 52.2 Å². The predicted molar refractivity (Wildman–Crippen MR) is 147 cm³/mol. The molecule has 2 aliphatic rings. The van der Waals surface area contributed by atoms with Gasteiger partial charge in [-0.3, -0.25) is 9.48 Å². The molecule has 0 unspecified atom stereocenters. The molecule has 5 heterocycles. The summed E-state index contributed by atoms with van der Waals surface area (Å²) in [6.45, 7) is 3.41. The molecule has 0 spiro atoms. The van der Waals surface area contributed by atoms with E-state index in [-0.39, 0.29) is 11.9 Å². The molecule has 1 N–H and O–H groups in total. The molecular formula is C30H25FN8O. The number of benzene rings is 1. The first-order valence-electron chi connectivity index (χ1n) is 13.1. The van der Waals surface area contributed by atoms with Gasteiger partial charge in [0, 0.05) is 84.4 Å². The van der Waals surface area contributed by atoms with Crippen molar-refractivity contribution in [1.82, 2.24) is 29.7 Å². The number of piperidine rings is 1. The van der Waals surface area contributed by atoms with Gasteiger partial charge >= 0.3 is 0 Å². The molecule has 1 aliphatic heterocycles. The van der Waals surface area contributed by atoms with Crippen molar-refractivity contribution >= 4 is 17.2 Å². The van der Waals surface area contributed by atoms with Crippen LogP contribution in [0.4, 0.5) is 10.2 Å². The summed E-state index contributed by atoms with van der Waals surface area (Å²) >= 11 is 0. The predicted octanol–water partition coefficient (Wildman–Crippen LogP) is 3.98. The second-order valence-corrected chi connectivity index (χ2v) is 10.6. The number of nitrogens with one attached hydrogen (secondary N) is 1. The van der Waals surface area contributed by atoms with Gasteiger partial charge in [0.1, 0.15) is 17.7 Å². The highest BCUT2D eigenvalue weighted by atomic mass is 19.1. The molecule has 0 bridgehead atoms. The van der Waals surface area contributed by atoms with Gasteiger partial charge in [0.2, 0.25) is 0 Å². The van der Waals surface area contributed by atoms with Gasteiger partial charge in [-0.15, -0.1) is 0 Å². The molecule has 3 atom stereocenters. The Morgan fingerprint density at radius 3 is 2.55 bits per heavy atom. The molecule has 40 heavy (non-hydrogen) atoms. The Bertz CT molecular complexity index is 1820. The van der Waals surface area contributed by atoms with Gasteiger partial charge < -0.3 is 10.2 Å². The van der Waals surface area contributed by atoms with Gasteiger partial charge in [0.15, 0.2) is 0 Å². The van der Waals surface area contributed by atoms with Crippen LogP contribution in [0.3, 0.4) is 0 Å². The lowest BCUT2D eigenvalue weighted by molar-refractivity contribution is 0.0946. The maximum Gasteiger partial charge on any atom is 0.251 e. The Morgan fingerprint density at radius 1 is 1.02 bits per heavy atom. The van der Waals surface area contributed by atoms with Crippen molar-refractivity contribution in [2.75, 3.05) is 18.0 Å². The molecule has 9 nitrogen and oxygen atoms in total. The molecule has 198 valence electrons. The summed E-state index contributed by atoms with van der Waals surface area (Å²) in [5.74, 6) is 0.937.